The molecule has 0 heterocycles. The van der Waals surface area contributed by atoms with E-state index >= 15 is 0 Å². The molecule has 0 N–H and O–H groups in total. The Bertz CT molecular complexity index is 351. The summed E-state index contributed by atoms with van der Waals surface area (Å²) in [5.74, 6) is 0.335. The van der Waals surface area contributed by atoms with Gasteiger partial charge in [0.2, 0.25) is 0 Å². The first-order valence-corrected chi connectivity index (χ1v) is 4.99. The Hall–Kier alpha value is -1.16. The third kappa shape index (κ3) is 3.16. The third-order valence-corrected chi connectivity index (χ3v) is 2.27. The second-order valence-electron chi connectivity index (χ2n) is 3.27. The molecule has 0 aromatic heterocycles. The van der Waals surface area contributed by atoms with Gasteiger partial charge in [0.1, 0.15) is 5.75 Å². The number of thiol groups is 1. The predicted octanol–water partition coefficient (Wildman–Crippen LogP) is 2.14. The van der Waals surface area contributed by atoms with Gasteiger partial charge in [0.05, 0.1) is 7.11 Å². The van der Waals surface area contributed by atoms with Crippen LogP contribution >= 0.6 is 12.6 Å². The van der Waals surface area contributed by atoms with Crippen molar-refractivity contribution in [2.45, 2.75) is 18.7 Å². The molecule has 0 atom stereocenters. The van der Waals surface area contributed by atoms with Gasteiger partial charge in [0, 0.05) is 4.90 Å². The molecule has 0 saturated carbocycles. The largest absolute Gasteiger partial charge is 0.481 e. The molecule has 0 aliphatic rings. The van der Waals surface area contributed by atoms with Crippen molar-refractivity contribution in [1.29, 1.82) is 0 Å². The van der Waals surface area contributed by atoms with Crippen molar-refractivity contribution in [2.75, 3.05) is 13.7 Å². The highest BCUT2D eigenvalue weighted by Gasteiger charge is 2.07. The number of esters is 1. The standard InChI is InChI=1S/C11H14O3S/c1-7-4-9(15)5-8(2)11(7)14-6-10(12)13-3/h4-5,15H,6H2,1-3H3. The maximum Gasteiger partial charge on any atom is 0.343 e. The summed E-state index contributed by atoms with van der Waals surface area (Å²) in [6, 6.07) is 3.78. The van der Waals surface area contributed by atoms with Crippen LogP contribution in [-0.4, -0.2) is 19.7 Å². The van der Waals surface area contributed by atoms with Gasteiger partial charge >= 0.3 is 5.97 Å². The van der Waals surface area contributed by atoms with Gasteiger partial charge in [0.15, 0.2) is 6.61 Å². The van der Waals surface area contributed by atoms with E-state index in [1.165, 1.54) is 7.11 Å². The highest BCUT2D eigenvalue weighted by atomic mass is 32.1. The van der Waals surface area contributed by atoms with Crippen LogP contribution in [0, 0.1) is 13.8 Å². The van der Waals surface area contributed by atoms with Crippen LogP contribution < -0.4 is 4.74 Å². The van der Waals surface area contributed by atoms with Crippen LogP contribution in [0.4, 0.5) is 0 Å². The first-order valence-electron chi connectivity index (χ1n) is 4.54. The van der Waals surface area contributed by atoms with E-state index in [2.05, 4.69) is 17.4 Å². The third-order valence-electron chi connectivity index (χ3n) is 2.01. The number of ether oxygens (including phenoxy) is 2. The van der Waals surface area contributed by atoms with E-state index in [1.807, 2.05) is 26.0 Å². The summed E-state index contributed by atoms with van der Waals surface area (Å²) < 4.78 is 9.86. The molecule has 4 heteroatoms. The van der Waals surface area contributed by atoms with Crippen molar-refractivity contribution in [2.24, 2.45) is 0 Å². The Morgan fingerprint density at radius 3 is 2.33 bits per heavy atom. The maximum atomic E-state index is 10.9. The fraction of sp³-hybridized carbons (Fsp3) is 0.364. The van der Waals surface area contributed by atoms with Crippen molar-refractivity contribution in [3.63, 3.8) is 0 Å². The first kappa shape index (κ1) is 11.9. The number of methoxy groups -OCH3 is 1. The van der Waals surface area contributed by atoms with Gasteiger partial charge in [0.25, 0.3) is 0 Å². The molecule has 1 aromatic carbocycles. The number of carbonyl (C=O) groups is 1. The van der Waals surface area contributed by atoms with Gasteiger partial charge in [-0.3, -0.25) is 0 Å². The zero-order valence-corrected chi connectivity index (χ0v) is 9.93. The minimum absolute atomic E-state index is 0.0654. The summed E-state index contributed by atoms with van der Waals surface area (Å²) >= 11 is 4.25. The van der Waals surface area contributed by atoms with Gasteiger partial charge in [-0.2, -0.15) is 0 Å². The SMILES string of the molecule is COC(=O)COc1c(C)cc(S)cc1C. The summed E-state index contributed by atoms with van der Waals surface area (Å²) in [5.41, 5.74) is 1.92. The smallest absolute Gasteiger partial charge is 0.343 e. The van der Waals surface area contributed by atoms with Crippen LogP contribution in [0.25, 0.3) is 0 Å². The van der Waals surface area contributed by atoms with Crippen LogP contribution in [0.15, 0.2) is 17.0 Å². The Labute approximate surface area is 94.8 Å². The Morgan fingerprint density at radius 2 is 1.87 bits per heavy atom. The molecule has 0 saturated heterocycles. The summed E-state index contributed by atoms with van der Waals surface area (Å²) in [6.07, 6.45) is 0. The van der Waals surface area contributed by atoms with E-state index in [4.69, 9.17) is 4.74 Å². The maximum absolute atomic E-state index is 10.9. The summed E-state index contributed by atoms with van der Waals surface area (Å²) in [6.45, 7) is 3.77. The first-order chi connectivity index (χ1) is 7.04. The summed E-state index contributed by atoms with van der Waals surface area (Å²) in [5, 5.41) is 0. The molecule has 15 heavy (non-hydrogen) atoms. The zero-order valence-electron chi connectivity index (χ0n) is 9.03. The predicted molar refractivity (Wildman–Crippen MR) is 60.7 cm³/mol. The van der Waals surface area contributed by atoms with Crippen molar-refractivity contribution in [3.05, 3.63) is 23.3 Å². The van der Waals surface area contributed by atoms with E-state index < -0.39 is 0 Å². The number of hydrogen-bond donors (Lipinski definition) is 1. The molecule has 82 valence electrons. The van der Waals surface area contributed by atoms with E-state index in [0.717, 1.165) is 21.8 Å². The van der Waals surface area contributed by atoms with E-state index in [-0.39, 0.29) is 12.6 Å². The molecule has 1 rings (SSSR count). The van der Waals surface area contributed by atoms with Gasteiger partial charge in [-0.25, -0.2) is 4.79 Å². The highest BCUT2D eigenvalue weighted by molar-refractivity contribution is 7.80. The average Bonchev–Trinajstić information content (AvgIpc) is 2.15. The quantitative estimate of drug-likeness (QED) is 0.633. The van der Waals surface area contributed by atoms with Crippen LogP contribution in [0.1, 0.15) is 11.1 Å². The van der Waals surface area contributed by atoms with Crippen molar-refractivity contribution >= 4 is 18.6 Å². The molecule has 0 fully saturated rings. The van der Waals surface area contributed by atoms with E-state index in [9.17, 15) is 4.79 Å². The van der Waals surface area contributed by atoms with Gasteiger partial charge < -0.3 is 9.47 Å². The molecular formula is C11H14O3S. The second-order valence-corrected chi connectivity index (χ2v) is 3.79. The molecule has 0 radical (unpaired) electrons. The summed E-state index contributed by atoms with van der Waals surface area (Å²) in [7, 11) is 1.34. The van der Waals surface area contributed by atoms with Crippen LogP contribution in [-0.2, 0) is 9.53 Å². The fourth-order valence-electron chi connectivity index (χ4n) is 1.35. The normalized spacial score (nSPS) is 9.87. The second kappa shape index (κ2) is 5.07. The molecule has 1 aromatic rings. The Morgan fingerprint density at radius 1 is 1.33 bits per heavy atom. The Kier molecular flexibility index (Phi) is 4.03. The van der Waals surface area contributed by atoms with Crippen molar-refractivity contribution in [1.82, 2.24) is 0 Å². The fourth-order valence-corrected chi connectivity index (χ4v) is 1.73. The number of benzene rings is 1. The Balaban J connectivity index is 2.81. The monoisotopic (exact) mass is 226 g/mol. The van der Waals surface area contributed by atoms with Crippen LogP contribution in [0.3, 0.4) is 0 Å². The van der Waals surface area contributed by atoms with Crippen molar-refractivity contribution < 1.29 is 14.3 Å². The number of hydrogen-bond acceptors (Lipinski definition) is 4. The van der Waals surface area contributed by atoms with Gasteiger partial charge in [-0.15, -0.1) is 12.6 Å². The zero-order chi connectivity index (χ0) is 11.4. The van der Waals surface area contributed by atoms with Gasteiger partial charge in [-0.1, -0.05) is 0 Å². The molecule has 0 spiro atoms. The number of carbonyl (C=O) groups excluding carboxylic acids is 1. The molecule has 0 amide bonds. The van der Waals surface area contributed by atoms with Gasteiger partial charge in [-0.05, 0) is 37.1 Å². The molecule has 0 aliphatic heterocycles. The lowest BCUT2D eigenvalue weighted by atomic mass is 10.1. The molecule has 0 bridgehead atoms. The van der Waals surface area contributed by atoms with E-state index in [1.54, 1.807) is 0 Å². The molecular weight excluding hydrogens is 212 g/mol. The molecule has 0 unspecified atom stereocenters. The highest BCUT2D eigenvalue weighted by Crippen LogP contribution is 2.26. The average molecular weight is 226 g/mol. The lowest BCUT2D eigenvalue weighted by Crippen LogP contribution is -2.13. The van der Waals surface area contributed by atoms with Crippen LogP contribution in [0.5, 0.6) is 5.75 Å². The number of aryl methyl sites for hydroxylation is 2. The lowest BCUT2D eigenvalue weighted by molar-refractivity contribution is -0.142. The minimum atomic E-state index is -0.385. The molecule has 3 nitrogen and oxygen atoms in total. The summed E-state index contributed by atoms with van der Waals surface area (Å²) in [4.78, 5) is 11.8. The number of rotatable bonds is 3. The lowest BCUT2D eigenvalue weighted by Gasteiger charge is -2.11. The van der Waals surface area contributed by atoms with Crippen LogP contribution in [0.2, 0.25) is 0 Å². The minimum Gasteiger partial charge on any atom is -0.481 e. The molecule has 0 aliphatic carbocycles. The topological polar surface area (TPSA) is 35.5 Å². The van der Waals surface area contributed by atoms with E-state index in [0.29, 0.717) is 0 Å². The van der Waals surface area contributed by atoms with Crippen molar-refractivity contribution in [3.8, 4) is 5.75 Å².